The number of nitrogens with zero attached hydrogens (tertiary/aromatic N) is 4. The van der Waals surface area contributed by atoms with Gasteiger partial charge in [0.05, 0.1) is 11.4 Å². The van der Waals surface area contributed by atoms with E-state index in [1.54, 1.807) is 23.0 Å². The second-order valence-corrected chi connectivity index (χ2v) is 4.88. The molecule has 0 fully saturated rings. The highest BCUT2D eigenvalue weighted by atomic mass is 16.4. The topological polar surface area (TPSA) is 80.9 Å². The minimum atomic E-state index is -1.06. The molecule has 3 rings (SSSR count). The fourth-order valence-corrected chi connectivity index (χ4v) is 2.13. The van der Waals surface area contributed by atoms with E-state index in [0.29, 0.717) is 11.5 Å². The van der Waals surface area contributed by atoms with Crippen molar-refractivity contribution in [3.8, 4) is 11.4 Å². The first-order valence-corrected chi connectivity index (χ1v) is 6.97. The largest absolute Gasteiger partial charge is 0.478 e. The zero-order valence-corrected chi connectivity index (χ0v) is 12.4. The van der Waals surface area contributed by atoms with Crippen LogP contribution in [0.15, 0.2) is 48.8 Å². The summed E-state index contributed by atoms with van der Waals surface area (Å²) in [4.78, 5) is 19.9. The number of hydrogen-bond acceptors (Lipinski definition) is 4. The number of carboxylic acid groups (broad SMARTS) is 1. The number of benzene rings is 1. The fraction of sp³-hybridized carbons (Fsp3) is 0.0588. The molecular weight excluding hydrogens is 292 g/mol. The lowest BCUT2D eigenvalue weighted by molar-refractivity contribution is 0.0695. The summed E-state index contributed by atoms with van der Waals surface area (Å²) in [6, 6.07) is 11.3. The van der Waals surface area contributed by atoms with Crippen LogP contribution in [-0.4, -0.2) is 30.8 Å². The summed E-state index contributed by atoms with van der Waals surface area (Å²) in [6.45, 7) is 0. The predicted molar refractivity (Wildman–Crippen MR) is 86.6 cm³/mol. The van der Waals surface area contributed by atoms with Gasteiger partial charge in [-0.05, 0) is 18.2 Å². The van der Waals surface area contributed by atoms with Crippen LogP contribution in [0.3, 0.4) is 0 Å². The lowest BCUT2D eigenvalue weighted by atomic mass is 10.1. The Morgan fingerprint density at radius 2 is 1.96 bits per heavy atom. The molecule has 23 heavy (non-hydrogen) atoms. The summed E-state index contributed by atoms with van der Waals surface area (Å²) in [7, 11) is 1.81. The molecule has 2 aromatic heterocycles. The van der Waals surface area contributed by atoms with Crippen molar-refractivity contribution < 1.29 is 9.90 Å². The van der Waals surface area contributed by atoms with Gasteiger partial charge in [-0.25, -0.2) is 14.8 Å². The standard InChI is InChI=1S/C17H14N4O2/c1-21-13(9-10-19-21)7-8-15-14(17(22)23)11-18-16(20-15)12-5-3-2-4-6-12/h2-11H,1H3,(H,22,23)/b8-7+. The van der Waals surface area contributed by atoms with Gasteiger partial charge in [0, 0.05) is 25.0 Å². The van der Waals surface area contributed by atoms with Crippen LogP contribution in [0.2, 0.25) is 0 Å². The van der Waals surface area contributed by atoms with Gasteiger partial charge in [-0.2, -0.15) is 5.10 Å². The highest BCUT2D eigenvalue weighted by Gasteiger charge is 2.12. The lowest BCUT2D eigenvalue weighted by Crippen LogP contribution is -2.04. The molecule has 6 heteroatoms. The molecule has 1 aromatic carbocycles. The lowest BCUT2D eigenvalue weighted by Gasteiger charge is -2.04. The first-order valence-electron chi connectivity index (χ1n) is 6.97. The Morgan fingerprint density at radius 3 is 2.61 bits per heavy atom. The van der Waals surface area contributed by atoms with Crippen LogP contribution in [0.4, 0.5) is 0 Å². The summed E-state index contributed by atoms with van der Waals surface area (Å²) < 4.78 is 1.69. The van der Waals surface area contributed by atoms with Crippen LogP contribution in [0, 0.1) is 0 Å². The van der Waals surface area contributed by atoms with Crippen molar-refractivity contribution in [2.45, 2.75) is 0 Å². The minimum absolute atomic E-state index is 0.0584. The normalized spacial score (nSPS) is 11.0. The van der Waals surface area contributed by atoms with Gasteiger partial charge >= 0.3 is 5.97 Å². The Bertz CT molecular complexity index is 869. The number of carboxylic acids is 1. The number of aromatic nitrogens is 4. The molecule has 6 nitrogen and oxygen atoms in total. The molecule has 0 amide bonds. The second kappa shape index (κ2) is 6.23. The Balaban J connectivity index is 2.04. The first kappa shape index (κ1) is 14.6. The van der Waals surface area contributed by atoms with E-state index in [1.165, 1.54) is 6.20 Å². The Labute approximate surface area is 132 Å². The van der Waals surface area contributed by atoms with E-state index >= 15 is 0 Å². The molecule has 3 aromatic rings. The van der Waals surface area contributed by atoms with E-state index in [2.05, 4.69) is 15.1 Å². The van der Waals surface area contributed by atoms with Crippen LogP contribution in [-0.2, 0) is 7.05 Å². The summed E-state index contributed by atoms with van der Waals surface area (Å²) in [5.41, 5.74) is 2.09. The zero-order chi connectivity index (χ0) is 16.2. The van der Waals surface area contributed by atoms with Crippen molar-refractivity contribution in [3.05, 3.63) is 65.7 Å². The van der Waals surface area contributed by atoms with Crippen LogP contribution < -0.4 is 0 Å². The molecule has 0 saturated carbocycles. The number of carbonyl (C=O) groups is 1. The average molecular weight is 306 g/mol. The predicted octanol–water partition coefficient (Wildman–Crippen LogP) is 2.75. The highest BCUT2D eigenvalue weighted by Crippen LogP contribution is 2.18. The average Bonchev–Trinajstić information content (AvgIpc) is 2.98. The Hall–Kier alpha value is -3.28. The van der Waals surface area contributed by atoms with Crippen molar-refractivity contribution in [3.63, 3.8) is 0 Å². The molecule has 1 N–H and O–H groups in total. The third-order valence-corrected chi connectivity index (χ3v) is 3.35. The zero-order valence-electron chi connectivity index (χ0n) is 12.4. The first-order chi connectivity index (χ1) is 11.1. The molecule has 0 bridgehead atoms. The van der Waals surface area contributed by atoms with E-state index in [0.717, 1.165) is 11.3 Å². The molecule has 0 unspecified atom stereocenters. The van der Waals surface area contributed by atoms with Gasteiger partial charge in [0.2, 0.25) is 0 Å². The van der Waals surface area contributed by atoms with E-state index in [9.17, 15) is 9.90 Å². The van der Waals surface area contributed by atoms with Gasteiger partial charge < -0.3 is 5.11 Å². The fourth-order valence-electron chi connectivity index (χ4n) is 2.13. The van der Waals surface area contributed by atoms with E-state index in [1.807, 2.05) is 43.4 Å². The third-order valence-electron chi connectivity index (χ3n) is 3.35. The molecule has 0 spiro atoms. The SMILES string of the molecule is Cn1nccc1/C=C/c1nc(-c2ccccc2)ncc1C(=O)O. The number of aromatic carboxylic acids is 1. The molecule has 0 aliphatic carbocycles. The van der Waals surface area contributed by atoms with Crippen LogP contribution in [0.25, 0.3) is 23.5 Å². The number of hydrogen-bond donors (Lipinski definition) is 1. The van der Waals surface area contributed by atoms with Gasteiger partial charge in [-0.15, -0.1) is 0 Å². The third kappa shape index (κ3) is 3.16. The molecule has 0 radical (unpaired) electrons. The van der Waals surface area contributed by atoms with Gasteiger partial charge in [-0.3, -0.25) is 4.68 Å². The van der Waals surface area contributed by atoms with Gasteiger partial charge in [0.15, 0.2) is 5.82 Å². The second-order valence-electron chi connectivity index (χ2n) is 4.88. The Morgan fingerprint density at radius 1 is 1.17 bits per heavy atom. The van der Waals surface area contributed by atoms with E-state index in [4.69, 9.17) is 0 Å². The smallest absolute Gasteiger partial charge is 0.339 e. The van der Waals surface area contributed by atoms with Crippen molar-refractivity contribution in [2.75, 3.05) is 0 Å². The summed E-state index contributed by atoms with van der Waals surface area (Å²) in [6.07, 6.45) is 6.44. The molecule has 0 saturated heterocycles. The quantitative estimate of drug-likeness (QED) is 0.801. The van der Waals surface area contributed by atoms with Gasteiger partial charge in [-0.1, -0.05) is 30.3 Å². The van der Waals surface area contributed by atoms with Crippen molar-refractivity contribution >= 4 is 18.1 Å². The molecular formula is C17H14N4O2. The molecule has 0 aliphatic heterocycles. The number of rotatable bonds is 4. The maximum Gasteiger partial charge on any atom is 0.339 e. The molecule has 0 atom stereocenters. The molecule has 0 aliphatic rings. The summed E-state index contributed by atoms with van der Waals surface area (Å²) in [5, 5.41) is 13.4. The summed E-state index contributed by atoms with van der Waals surface area (Å²) in [5.74, 6) is -0.575. The van der Waals surface area contributed by atoms with Crippen LogP contribution >= 0.6 is 0 Å². The van der Waals surface area contributed by atoms with Crippen molar-refractivity contribution in [1.29, 1.82) is 0 Å². The van der Waals surface area contributed by atoms with E-state index < -0.39 is 5.97 Å². The van der Waals surface area contributed by atoms with Crippen molar-refractivity contribution in [1.82, 2.24) is 19.7 Å². The summed E-state index contributed by atoms with van der Waals surface area (Å²) >= 11 is 0. The number of aryl methyl sites for hydroxylation is 1. The van der Waals surface area contributed by atoms with Gasteiger partial charge in [0.1, 0.15) is 5.56 Å². The monoisotopic (exact) mass is 306 g/mol. The maximum absolute atomic E-state index is 11.4. The van der Waals surface area contributed by atoms with Crippen LogP contribution in [0.5, 0.6) is 0 Å². The minimum Gasteiger partial charge on any atom is -0.478 e. The highest BCUT2D eigenvalue weighted by molar-refractivity contribution is 5.92. The van der Waals surface area contributed by atoms with Crippen molar-refractivity contribution in [2.24, 2.45) is 7.05 Å². The van der Waals surface area contributed by atoms with Gasteiger partial charge in [0.25, 0.3) is 0 Å². The molecule has 114 valence electrons. The maximum atomic E-state index is 11.4. The Kier molecular flexibility index (Phi) is 3.97. The van der Waals surface area contributed by atoms with E-state index in [-0.39, 0.29) is 5.56 Å². The van der Waals surface area contributed by atoms with Crippen LogP contribution in [0.1, 0.15) is 21.7 Å². The molecule has 2 heterocycles.